The van der Waals surface area contributed by atoms with E-state index in [1.165, 1.54) is 0 Å². The van der Waals surface area contributed by atoms with Gasteiger partial charge in [-0.15, -0.1) is 0 Å². The zero-order valence-electron chi connectivity index (χ0n) is 11.9. The zero-order valence-corrected chi connectivity index (χ0v) is 12.6. The minimum Gasteiger partial charge on any atom is -0.390 e. The minimum absolute atomic E-state index is 0.278. The highest BCUT2D eigenvalue weighted by molar-refractivity contribution is 6.30. The maximum atomic E-state index is 10.1. The van der Waals surface area contributed by atoms with E-state index in [0.717, 1.165) is 16.1 Å². The summed E-state index contributed by atoms with van der Waals surface area (Å²) in [6.07, 6.45) is 0.0882. The molecule has 0 aliphatic rings. The van der Waals surface area contributed by atoms with Gasteiger partial charge in [0.1, 0.15) is 0 Å². The summed E-state index contributed by atoms with van der Waals surface area (Å²) in [4.78, 5) is 0. The number of aliphatic hydroxyl groups is 1. The van der Waals surface area contributed by atoms with E-state index in [1.807, 2.05) is 54.6 Å². The van der Waals surface area contributed by atoms with Crippen molar-refractivity contribution in [3.8, 4) is 0 Å². The van der Waals surface area contributed by atoms with Crippen molar-refractivity contribution in [1.82, 2.24) is 5.32 Å². The molecule has 4 N–H and O–H groups in total. The first-order valence-electron chi connectivity index (χ1n) is 7.08. The fourth-order valence-electron chi connectivity index (χ4n) is 2.18. The second-order valence-electron chi connectivity index (χ2n) is 5.18. The molecule has 0 spiro atoms. The van der Waals surface area contributed by atoms with Gasteiger partial charge >= 0.3 is 0 Å². The number of hydrogen-bond acceptors (Lipinski definition) is 3. The molecule has 2 rings (SSSR count). The Hall–Kier alpha value is -1.39. The van der Waals surface area contributed by atoms with Gasteiger partial charge in [-0.3, -0.25) is 0 Å². The molecule has 3 nitrogen and oxygen atoms in total. The first kappa shape index (κ1) is 16.0. The Labute approximate surface area is 130 Å². The monoisotopic (exact) mass is 304 g/mol. The summed E-state index contributed by atoms with van der Waals surface area (Å²) in [5.74, 6) is 0. The molecule has 2 aromatic rings. The van der Waals surface area contributed by atoms with Crippen LogP contribution < -0.4 is 11.1 Å². The van der Waals surface area contributed by atoms with Crippen LogP contribution in [0.2, 0.25) is 5.02 Å². The molecule has 0 heterocycles. The van der Waals surface area contributed by atoms with Crippen molar-refractivity contribution in [2.75, 3.05) is 6.54 Å². The predicted octanol–water partition coefficient (Wildman–Crippen LogP) is 2.36. The third kappa shape index (κ3) is 5.48. The van der Waals surface area contributed by atoms with E-state index in [4.69, 9.17) is 17.3 Å². The van der Waals surface area contributed by atoms with Crippen LogP contribution in [0.4, 0.5) is 0 Å². The summed E-state index contributed by atoms with van der Waals surface area (Å²) in [7, 11) is 0. The van der Waals surface area contributed by atoms with Crippen molar-refractivity contribution in [2.45, 2.75) is 25.1 Å². The highest BCUT2D eigenvalue weighted by Gasteiger charge is 2.14. The topological polar surface area (TPSA) is 58.3 Å². The second kappa shape index (κ2) is 8.15. The van der Waals surface area contributed by atoms with Crippen LogP contribution in [0.25, 0.3) is 0 Å². The van der Waals surface area contributed by atoms with Crippen LogP contribution in [0.15, 0.2) is 54.6 Å². The van der Waals surface area contributed by atoms with Crippen LogP contribution in [0.1, 0.15) is 11.1 Å². The van der Waals surface area contributed by atoms with E-state index in [0.29, 0.717) is 19.5 Å². The third-order valence-electron chi connectivity index (χ3n) is 3.38. The van der Waals surface area contributed by atoms with Crippen molar-refractivity contribution in [3.05, 3.63) is 70.7 Å². The lowest BCUT2D eigenvalue weighted by atomic mass is 10.0. The number of hydrogen-bond donors (Lipinski definition) is 3. The van der Waals surface area contributed by atoms with Gasteiger partial charge in [-0.25, -0.2) is 0 Å². The molecule has 0 aromatic heterocycles. The van der Waals surface area contributed by atoms with Gasteiger partial charge in [0.25, 0.3) is 0 Å². The summed E-state index contributed by atoms with van der Waals surface area (Å²) in [5, 5.41) is 14.0. The van der Waals surface area contributed by atoms with E-state index in [2.05, 4.69) is 5.32 Å². The number of halogens is 1. The van der Waals surface area contributed by atoms with Crippen LogP contribution in [-0.2, 0) is 13.0 Å². The highest BCUT2D eigenvalue weighted by atomic mass is 35.5. The molecule has 0 aliphatic carbocycles. The van der Waals surface area contributed by atoms with Crippen LogP contribution in [0.3, 0.4) is 0 Å². The minimum atomic E-state index is -0.579. The van der Waals surface area contributed by atoms with Crippen LogP contribution in [-0.4, -0.2) is 23.8 Å². The molecule has 0 amide bonds. The van der Waals surface area contributed by atoms with Crippen LogP contribution in [0, 0.1) is 0 Å². The Balaban J connectivity index is 1.75. The van der Waals surface area contributed by atoms with Crippen molar-refractivity contribution in [3.63, 3.8) is 0 Å². The Morgan fingerprint density at radius 2 is 1.76 bits per heavy atom. The Kier molecular flexibility index (Phi) is 6.21. The first-order valence-corrected chi connectivity index (χ1v) is 7.45. The lowest BCUT2D eigenvalue weighted by Crippen LogP contribution is -2.42. The largest absolute Gasteiger partial charge is 0.390 e. The molecule has 0 fully saturated rings. The Morgan fingerprint density at radius 1 is 1.05 bits per heavy atom. The standard InChI is InChI=1S/C17H21ClN2O/c18-15-8-4-7-14(9-15)11-20-12-17(21)16(19)10-13-5-2-1-3-6-13/h1-9,16-17,20-21H,10-12,19H2/t16?,17-/m0/s1. The molecular formula is C17H21ClN2O. The van der Waals surface area contributed by atoms with Crippen LogP contribution >= 0.6 is 11.6 Å². The third-order valence-corrected chi connectivity index (χ3v) is 3.62. The maximum Gasteiger partial charge on any atom is 0.0818 e. The second-order valence-corrected chi connectivity index (χ2v) is 5.62. The van der Waals surface area contributed by atoms with Crippen molar-refractivity contribution < 1.29 is 5.11 Å². The molecule has 21 heavy (non-hydrogen) atoms. The van der Waals surface area contributed by atoms with Crippen molar-refractivity contribution in [2.24, 2.45) is 5.73 Å². The van der Waals surface area contributed by atoms with Crippen molar-refractivity contribution >= 4 is 11.6 Å². The quantitative estimate of drug-likeness (QED) is 0.736. The van der Waals surface area contributed by atoms with E-state index < -0.39 is 6.10 Å². The van der Waals surface area contributed by atoms with E-state index >= 15 is 0 Å². The summed E-state index contributed by atoms with van der Waals surface area (Å²) in [6, 6.07) is 17.3. The summed E-state index contributed by atoms with van der Waals surface area (Å²) in [5.41, 5.74) is 8.27. The molecule has 0 saturated carbocycles. The zero-order chi connectivity index (χ0) is 15.1. The van der Waals surface area contributed by atoms with Gasteiger partial charge in [-0.2, -0.15) is 0 Å². The molecule has 112 valence electrons. The van der Waals surface area contributed by atoms with Gasteiger partial charge in [0.15, 0.2) is 0 Å². The van der Waals surface area contributed by atoms with Gasteiger partial charge in [0.2, 0.25) is 0 Å². The lowest BCUT2D eigenvalue weighted by molar-refractivity contribution is 0.141. The van der Waals surface area contributed by atoms with Gasteiger partial charge in [0, 0.05) is 24.2 Å². The van der Waals surface area contributed by atoms with Crippen LogP contribution in [0.5, 0.6) is 0 Å². The Morgan fingerprint density at radius 3 is 2.48 bits per heavy atom. The highest BCUT2D eigenvalue weighted by Crippen LogP contribution is 2.10. The number of nitrogens with two attached hydrogens (primary N) is 1. The molecule has 0 bridgehead atoms. The smallest absolute Gasteiger partial charge is 0.0818 e. The van der Waals surface area contributed by atoms with Gasteiger partial charge in [-0.1, -0.05) is 54.1 Å². The van der Waals surface area contributed by atoms with Gasteiger partial charge in [0.05, 0.1) is 6.10 Å². The SMILES string of the molecule is NC(Cc1ccccc1)[C@@H](O)CNCc1cccc(Cl)c1. The Bertz CT molecular complexity index is 547. The molecule has 0 aliphatic heterocycles. The fourth-order valence-corrected chi connectivity index (χ4v) is 2.40. The molecule has 2 aromatic carbocycles. The number of benzene rings is 2. The number of rotatable bonds is 7. The molecule has 0 radical (unpaired) electrons. The van der Waals surface area contributed by atoms with Gasteiger partial charge in [-0.05, 0) is 29.7 Å². The van der Waals surface area contributed by atoms with E-state index in [9.17, 15) is 5.11 Å². The number of aliphatic hydroxyl groups excluding tert-OH is 1. The average molecular weight is 305 g/mol. The molecular weight excluding hydrogens is 284 g/mol. The van der Waals surface area contributed by atoms with Gasteiger partial charge < -0.3 is 16.2 Å². The molecule has 1 unspecified atom stereocenters. The molecule has 0 saturated heterocycles. The normalized spacial score (nSPS) is 13.9. The molecule has 2 atom stereocenters. The summed E-state index contributed by atoms with van der Waals surface area (Å²) >= 11 is 5.93. The summed E-state index contributed by atoms with van der Waals surface area (Å²) in [6.45, 7) is 1.12. The average Bonchev–Trinajstić information content (AvgIpc) is 2.48. The lowest BCUT2D eigenvalue weighted by Gasteiger charge is -2.19. The summed E-state index contributed by atoms with van der Waals surface area (Å²) < 4.78 is 0. The fraction of sp³-hybridized carbons (Fsp3) is 0.294. The number of nitrogens with one attached hydrogen (secondary N) is 1. The molecule has 4 heteroatoms. The van der Waals surface area contributed by atoms with Crippen molar-refractivity contribution in [1.29, 1.82) is 0 Å². The van der Waals surface area contributed by atoms with E-state index in [1.54, 1.807) is 0 Å². The first-order chi connectivity index (χ1) is 10.1. The predicted molar refractivity (Wildman–Crippen MR) is 87.3 cm³/mol. The maximum absolute atomic E-state index is 10.1. The van der Waals surface area contributed by atoms with E-state index in [-0.39, 0.29) is 6.04 Å².